The second-order valence-electron chi connectivity index (χ2n) is 1.40. The number of nitrogen functional groups attached to an aromatic ring is 1. The Morgan fingerprint density at radius 3 is 2.75 bits per heavy atom. The first-order valence-electron chi connectivity index (χ1n) is 2.16. The molecule has 42 valence electrons. The summed E-state index contributed by atoms with van der Waals surface area (Å²) in [6, 6.07) is 2.41. The lowest BCUT2D eigenvalue weighted by Gasteiger charge is -1.87. The summed E-state index contributed by atoms with van der Waals surface area (Å²) in [5.74, 6) is -0.137. The van der Waals surface area contributed by atoms with Gasteiger partial charge < -0.3 is 5.73 Å². The number of rotatable bonds is 0. The maximum Gasteiger partial charge on any atom is 0.128 e. The zero-order valence-corrected chi connectivity index (χ0v) is 4.13. The molecular formula is C5H5FN2. The molecule has 0 bridgehead atoms. The van der Waals surface area contributed by atoms with Crippen LogP contribution in [0.5, 0.6) is 0 Å². The van der Waals surface area contributed by atoms with Crippen molar-refractivity contribution in [2.45, 2.75) is 0 Å². The van der Waals surface area contributed by atoms with E-state index < -0.39 is 0 Å². The fourth-order valence-corrected chi connectivity index (χ4v) is 0.421. The molecule has 0 unspecified atom stereocenters. The number of aromatic nitrogens is 1. The number of anilines is 1. The van der Waals surface area contributed by atoms with E-state index in [9.17, 15) is 4.39 Å². The smallest absolute Gasteiger partial charge is 0.128 e. The molecule has 0 aliphatic carbocycles. The molecule has 2 N–H and O–H groups in total. The predicted octanol–water partition coefficient (Wildman–Crippen LogP) is 0.803. The van der Waals surface area contributed by atoms with E-state index in [1.54, 1.807) is 0 Å². The minimum Gasteiger partial charge on any atom is -0.384 e. The van der Waals surface area contributed by atoms with E-state index >= 15 is 0 Å². The molecule has 0 atom stereocenters. The summed E-state index contributed by atoms with van der Waals surface area (Å²) in [4.78, 5) is 3.58. The van der Waals surface area contributed by atoms with Crippen molar-refractivity contribution in [3.05, 3.63) is 24.1 Å². The third-order valence-electron chi connectivity index (χ3n) is 0.743. The molecule has 0 saturated heterocycles. The quantitative estimate of drug-likeness (QED) is 0.539. The highest BCUT2D eigenvalue weighted by molar-refractivity contribution is 5.26. The van der Waals surface area contributed by atoms with E-state index in [0.29, 0.717) is 0 Å². The summed E-state index contributed by atoms with van der Waals surface area (Å²) in [6.07, 6.45) is 1.32. The molecule has 0 saturated carbocycles. The van der Waals surface area contributed by atoms with Crippen molar-refractivity contribution in [2.24, 2.45) is 0 Å². The molecule has 2 nitrogen and oxygen atoms in total. The fraction of sp³-hybridized carbons (Fsp3) is 0. The molecular weight excluding hydrogens is 107 g/mol. The van der Waals surface area contributed by atoms with E-state index in [0.717, 1.165) is 0 Å². The molecule has 0 aromatic carbocycles. The van der Waals surface area contributed by atoms with Gasteiger partial charge in [-0.1, -0.05) is 0 Å². The minimum absolute atomic E-state index is 0.213. The van der Waals surface area contributed by atoms with Gasteiger partial charge in [0.1, 0.15) is 11.6 Å². The molecule has 0 aliphatic heterocycles. The van der Waals surface area contributed by atoms with Crippen LogP contribution >= 0.6 is 0 Å². The first kappa shape index (κ1) is 5.03. The average molecular weight is 112 g/mol. The van der Waals surface area contributed by atoms with Gasteiger partial charge in [0.25, 0.3) is 0 Å². The molecule has 3 heteroatoms. The third-order valence-corrected chi connectivity index (χ3v) is 0.743. The van der Waals surface area contributed by atoms with Gasteiger partial charge in [-0.2, -0.15) is 0 Å². The molecule has 0 aliphatic rings. The van der Waals surface area contributed by atoms with Gasteiger partial charge in [0, 0.05) is 12.3 Å². The highest BCUT2D eigenvalue weighted by Crippen LogP contribution is 1.98. The topological polar surface area (TPSA) is 38.9 Å². The van der Waals surface area contributed by atoms with Crippen LogP contribution in [0.25, 0.3) is 0 Å². The SMILES string of the molecule is Nc1cc(F)ccn1. The monoisotopic (exact) mass is 112 g/mol. The normalized spacial score (nSPS) is 9.12. The largest absolute Gasteiger partial charge is 0.384 e. The number of nitrogens with zero attached hydrogens (tertiary/aromatic N) is 1. The van der Waals surface area contributed by atoms with Crippen molar-refractivity contribution in [2.75, 3.05) is 5.73 Å². The molecule has 0 radical (unpaired) electrons. The Bertz CT molecular complexity index is 170. The maximum atomic E-state index is 12.0. The highest BCUT2D eigenvalue weighted by Gasteiger charge is 1.86. The second-order valence-corrected chi connectivity index (χ2v) is 1.40. The zero-order valence-electron chi connectivity index (χ0n) is 4.13. The molecule has 0 fully saturated rings. The summed E-state index contributed by atoms with van der Waals surface area (Å²) < 4.78 is 12.0. The number of halogens is 1. The standard InChI is InChI=1S/C5H5FN2/c6-4-1-2-8-5(7)3-4/h1-3H,(H2,7,8). The Morgan fingerprint density at radius 2 is 2.38 bits per heavy atom. The van der Waals surface area contributed by atoms with Crippen molar-refractivity contribution in [3.8, 4) is 0 Å². The molecule has 1 rings (SSSR count). The number of nitrogens with two attached hydrogens (primary N) is 1. The van der Waals surface area contributed by atoms with E-state index in [4.69, 9.17) is 5.73 Å². The van der Waals surface area contributed by atoms with Gasteiger partial charge in [-0.3, -0.25) is 0 Å². The number of hydrogen-bond donors (Lipinski definition) is 1. The first-order valence-corrected chi connectivity index (χ1v) is 2.16. The van der Waals surface area contributed by atoms with Gasteiger partial charge in [0.15, 0.2) is 0 Å². The van der Waals surface area contributed by atoms with Crippen molar-refractivity contribution in [1.29, 1.82) is 0 Å². The second kappa shape index (κ2) is 1.78. The Hall–Kier alpha value is -1.12. The van der Waals surface area contributed by atoms with Crippen molar-refractivity contribution in [1.82, 2.24) is 4.98 Å². The van der Waals surface area contributed by atoms with E-state index in [1.165, 1.54) is 18.3 Å². The van der Waals surface area contributed by atoms with Crippen molar-refractivity contribution < 1.29 is 4.39 Å². The summed E-state index contributed by atoms with van der Waals surface area (Å²) in [5, 5.41) is 0. The van der Waals surface area contributed by atoms with Gasteiger partial charge in [-0.15, -0.1) is 0 Å². The van der Waals surface area contributed by atoms with E-state index in [2.05, 4.69) is 4.98 Å². The minimum atomic E-state index is -0.350. The molecule has 1 heterocycles. The average Bonchev–Trinajstić information content (AvgIpc) is 1.64. The van der Waals surface area contributed by atoms with Crippen molar-refractivity contribution in [3.63, 3.8) is 0 Å². The first-order chi connectivity index (χ1) is 3.79. The lowest BCUT2D eigenvalue weighted by molar-refractivity contribution is 0.626. The molecule has 0 spiro atoms. The van der Waals surface area contributed by atoms with Crippen LogP contribution in [0.15, 0.2) is 18.3 Å². The molecule has 1 aromatic heterocycles. The van der Waals surface area contributed by atoms with E-state index in [1.807, 2.05) is 0 Å². The predicted molar refractivity (Wildman–Crippen MR) is 28.6 cm³/mol. The lowest BCUT2D eigenvalue weighted by Crippen LogP contribution is -1.88. The van der Waals surface area contributed by atoms with Crippen LogP contribution in [0.1, 0.15) is 0 Å². The summed E-state index contributed by atoms with van der Waals surface area (Å²) in [7, 11) is 0. The summed E-state index contributed by atoms with van der Waals surface area (Å²) in [6.45, 7) is 0. The van der Waals surface area contributed by atoms with Crippen LogP contribution in [0, 0.1) is 5.82 Å². The Kier molecular flexibility index (Phi) is 1.12. The van der Waals surface area contributed by atoms with Gasteiger partial charge in [0.2, 0.25) is 0 Å². The van der Waals surface area contributed by atoms with Crippen LogP contribution in [0.4, 0.5) is 10.2 Å². The van der Waals surface area contributed by atoms with E-state index in [-0.39, 0.29) is 11.6 Å². The van der Waals surface area contributed by atoms with Gasteiger partial charge in [0.05, 0.1) is 0 Å². The van der Waals surface area contributed by atoms with Crippen LogP contribution in [-0.4, -0.2) is 4.98 Å². The zero-order chi connectivity index (χ0) is 5.98. The van der Waals surface area contributed by atoms with Gasteiger partial charge in [-0.05, 0) is 6.07 Å². The molecule has 1 aromatic rings. The van der Waals surface area contributed by atoms with Crippen LogP contribution < -0.4 is 5.73 Å². The molecule has 0 amide bonds. The fourth-order valence-electron chi connectivity index (χ4n) is 0.421. The summed E-state index contributed by atoms with van der Waals surface area (Å²) in [5.41, 5.74) is 5.11. The van der Waals surface area contributed by atoms with Crippen molar-refractivity contribution >= 4 is 5.82 Å². The molecule has 8 heavy (non-hydrogen) atoms. The number of pyridine rings is 1. The van der Waals surface area contributed by atoms with Crippen LogP contribution in [0.3, 0.4) is 0 Å². The van der Waals surface area contributed by atoms with Gasteiger partial charge in [-0.25, -0.2) is 9.37 Å². The third kappa shape index (κ3) is 0.932. The Morgan fingerprint density at radius 1 is 1.62 bits per heavy atom. The summed E-state index contributed by atoms with van der Waals surface area (Å²) >= 11 is 0. The van der Waals surface area contributed by atoms with Crippen LogP contribution in [-0.2, 0) is 0 Å². The lowest BCUT2D eigenvalue weighted by atomic mass is 10.4. The Balaban J connectivity index is 3.08. The highest BCUT2D eigenvalue weighted by atomic mass is 19.1. The van der Waals surface area contributed by atoms with Gasteiger partial charge >= 0.3 is 0 Å². The Labute approximate surface area is 46.2 Å². The maximum absolute atomic E-state index is 12.0. The number of hydrogen-bond acceptors (Lipinski definition) is 2. The van der Waals surface area contributed by atoms with Crippen LogP contribution in [0.2, 0.25) is 0 Å².